The second-order valence-electron chi connectivity index (χ2n) is 4.58. The van der Waals surface area contributed by atoms with Crippen LogP contribution < -0.4 is 11.1 Å². The molecule has 1 rings (SSSR count). The van der Waals surface area contributed by atoms with Crippen LogP contribution in [0.15, 0.2) is 16.6 Å². The second-order valence-corrected chi connectivity index (χ2v) is 5.43. The summed E-state index contributed by atoms with van der Waals surface area (Å²) in [5, 5.41) is 2.95. The van der Waals surface area contributed by atoms with E-state index in [0.717, 1.165) is 12.8 Å². The molecule has 3 N–H and O–H groups in total. The van der Waals surface area contributed by atoms with E-state index >= 15 is 0 Å². The summed E-state index contributed by atoms with van der Waals surface area (Å²) in [5.41, 5.74) is 5.54. The Morgan fingerprint density at radius 2 is 2.00 bits per heavy atom. The molecule has 0 radical (unpaired) electrons. The number of rotatable bonds is 4. The van der Waals surface area contributed by atoms with E-state index in [9.17, 15) is 9.18 Å². The van der Waals surface area contributed by atoms with Crippen molar-refractivity contribution in [2.24, 2.45) is 0 Å². The zero-order chi connectivity index (χ0) is 13.9. The topological polar surface area (TPSA) is 55.1 Å². The van der Waals surface area contributed by atoms with Crippen molar-refractivity contribution in [1.29, 1.82) is 0 Å². The van der Waals surface area contributed by atoms with Gasteiger partial charge in [-0.25, -0.2) is 4.39 Å². The molecule has 100 valence electrons. The van der Waals surface area contributed by atoms with Crippen LogP contribution in [0.3, 0.4) is 0 Å². The maximum atomic E-state index is 13.2. The summed E-state index contributed by atoms with van der Waals surface area (Å²) in [6.45, 7) is 6.00. The Hall–Kier alpha value is -1.10. The van der Waals surface area contributed by atoms with E-state index in [1.807, 2.05) is 20.8 Å². The lowest BCUT2D eigenvalue weighted by Crippen LogP contribution is -2.45. The van der Waals surface area contributed by atoms with Gasteiger partial charge in [0, 0.05) is 10.0 Å². The van der Waals surface area contributed by atoms with Crippen molar-refractivity contribution in [3.05, 3.63) is 28.0 Å². The van der Waals surface area contributed by atoms with E-state index in [-0.39, 0.29) is 17.1 Å². The maximum Gasteiger partial charge on any atom is 0.252 e. The van der Waals surface area contributed by atoms with E-state index in [1.54, 1.807) is 0 Å². The lowest BCUT2D eigenvalue weighted by molar-refractivity contribution is 0.0900. The molecule has 0 aliphatic rings. The normalized spacial score (nSPS) is 11.4. The number of carbonyl (C=O) groups is 1. The highest BCUT2D eigenvalue weighted by Crippen LogP contribution is 2.24. The fourth-order valence-corrected chi connectivity index (χ4v) is 2.00. The SMILES string of the molecule is CCC(C)(CC)NC(=O)c1cc(N)c(F)cc1Br. The number of nitrogen functional groups attached to an aromatic ring is 1. The Morgan fingerprint density at radius 1 is 1.44 bits per heavy atom. The molecule has 0 saturated heterocycles. The highest BCUT2D eigenvalue weighted by Gasteiger charge is 2.24. The molecular formula is C13H18BrFN2O. The van der Waals surface area contributed by atoms with Crippen LogP contribution in [0.1, 0.15) is 44.0 Å². The number of anilines is 1. The highest BCUT2D eigenvalue weighted by atomic mass is 79.9. The number of nitrogens with two attached hydrogens (primary N) is 1. The van der Waals surface area contributed by atoms with Gasteiger partial charge in [0.25, 0.3) is 5.91 Å². The summed E-state index contributed by atoms with van der Waals surface area (Å²) in [6.07, 6.45) is 1.65. The van der Waals surface area contributed by atoms with Crippen LogP contribution in [0, 0.1) is 5.82 Å². The Kier molecular flexibility index (Phi) is 4.73. The smallest absolute Gasteiger partial charge is 0.252 e. The average Bonchev–Trinajstić information content (AvgIpc) is 2.33. The molecule has 0 atom stereocenters. The van der Waals surface area contributed by atoms with Crippen LogP contribution in [-0.4, -0.2) is 11.4 Å². The number of halogens is 2. The second kappa shape index (κ2) is 5.69. The van der Waals surface area contributed by atoms with Crippen molar-refractivity contribution >= 4 is 27.5 Å². The summed E-state index contributed by atoms with van der Waals surface area (Å²) in [5.74, 6) is -0.785. The maximum absolute atomic E-state index is 13.2. The van der Waals surface area contributed by atoms with Crippen LogP contribution in [0.5, 0.6) is 0 Å². The van der Waals surface area contributed by atoms with Crippen LogP contribution in [0.4, 0.5) is 10.1 Å². The van der Waals surface area contributed by atoms with Gasteiger partial charge in [0.15, 0.2) is 0 Å². The van der Waals surface area contributed by atoms with Crippen molar-refractivity contribution in [3.63, 3.8) is 0 Å². The summed E-state index contributed by atoms with van der Waals surface area (Å²) < 4.78 is 13.6. The predicted octanol–water partition coefficient (Wildman–Crippen LogP) is 3.48. The summed E-state index contributed by atoms with van der Waals surface area (Å²) in [6, 6.07) is 2.56. The van der Waals surface area contributed by atoms with E-state index < -0.39 is 5.82 Å². The van der Waals surface area contributed by atoms with Gasteiger partial charge >= 0.3 is 0 Å². The molecular weight excluding hydrogens is 299 g/mol. The lowest BCUT2D eigenvalue weighted by atomic mass is 9.95. The van der Waals surface area contributed by atoms with E-state index in [1.165, 1.54) is 12.1 Å². The molecule has 0 aromatic heterocycles. The first-order valence-corrected chi connectivity index (χ1v) is 6.69. The van der Waals surface area contributed by atoms with Gasteiger partial charge in [-0.15, -0.1) is 0 Å². The van der Waals surface area contributed by atoms with E-state index in [2.05, 4.69) is 21.2 Å². The molecule has 0 aliphatic heterocycles. The fourth-order valence-electron chi connectivity index (χ4n) is 1.51. The number of nitrogens with one attached hydrogen (secondary N) is 1. The number of hydrogen-bond acceptors (Lipinski definition) is 2. The quantitative estimate of drug-likeness (QED) is 0.835. The predicted molar refractivity (Wildman–Crippen MR) is 75.0 cm³/mol. The first-order valence-electron chi connectivity index (χ1n) is 5.90. The highest BCUT2D eigenvalue weighted by molar-refractivity contribution is 9.10. The number of amides is 1. The molecule has 0 unspecified atom stereocenters. The largest absolute Gasteiger partial charge is 0.396 e. The summed E-state index contributed by atoms with van der Waals surface area (Å²) in [7, 11) is 0. The van der Waals surface area contributed by atoms with Gasteiger partial charge in [-0.2, -0.15) is 0 Å². The molecule has 0 bridgehead atoms. The fraction of sp³-hybridized carbons (Fsp3) is 0.462. The molecule has 5 heteroatoms. The molecule has 0 aliphatic carbocycles. The molecule has 0 spiro atoms. The summed E-state index contributed by atoms with van der Waals surface area (Å²) >= 11 is 3.18. The minimum Gasteiger partial charge on any atom is -0.396 e. The van der Waals surface area contributed by atoms with Crippen molar-refractivity contribution in [1.82, 2.24) is 5.32 Å². The van der Waals surface area contributed by atoms with Crippen molar-refractivity contribution < 1.29 is 9.18 Å². The van der Waals surface area contributed by atoms with Gasteiger partial charge in [0.05, 0.1) is 11.3 Å². The molecule has 0 saturated carbocycles. The third-order valence-electron chi connectivity index (χ3n) is 3.31. The standard InChI is InChI=1S/C13H18BrFN2O/c1-4-13(3,5-2)17-12(18)8-6-11(16)10(15)7-9(8)14/h6-7H,4-5,16H2,1-3H3,(H,17,18). The van der Waals surface area contributed by atoms with Crippen molar-refractivity contribution in [2.45, 2.75) is 39.2 Å². The first kappa shape index (κ1) is 15.0. The van der Waals surface area contributed by atoms with Gasteiger partial charge in [0.1, 0.15) is 5.82 Å². The van der Waals surface area contributed by atoms with Crippen LogP contribution in [-0.2, 0) is 0 Å². The third kappa shape index (κ3) is 3.22. The minimum atomic E-state index is -0.535. The van der Waals surface area contributed by atoms with Crippen molar-refractivity contribution in [2.75, 3.05) is 5.73 Å². The first-order chi connectivity index (χ1) is 8.33. The molecule has 1 amide bonds. The van der Waals surface area contributed by atoms with Gasteiger partial charge in [-0.1, -0.05) is 13.8 Å². The molecule has 18 heavy (non-hydrogen) atoms. The Balaban J connectivity index is 3.01. The van der Waals surface area contributed by atoms with Crippen molar-refractivity contribution in [3.8, 4) is 0 Å². The molecule has 0 fully saturated rings. The van der Waals surface area contributed by atoms with E-state index in [0.29, 0.717) is 10.0 Å². The monoisotopic (exact) mass is 316 g/mol. The molecule has 1 aromatic carbocycles. The number of hydrogen-bond donors (Lipinski definition) is 2. The van der Waals surface area contributed by atoms with Gasteiger partial charge < -0.3 is 11.1 Å². The molecule has 0 heterocycles. The van der Waals surface area contributed by atoms with E-state index in [4.69, 9.17) is 5.73 Å². The van der Waals surface area contributed by atoms with Crippen LogP contribution in [0.25, 0.3) is 0 Å². The molecule has 1 aromatic rings. The number of benzene rings is 1. The third-order valence-corrected chi connectivity index (χ3v) is 3.96. The van der Waals surface area contributed by atoms with Crippen LogP contribution >= 0.6 is 15.9 Å². The van der Waals surface area contributed by atoms with Gasteiger partial charge in [0.2, 0.25) is 0 Å². The van der Waals surface area contributed by atoms with Gasteiger partial charge in [-0.3, -0.25) is 4.79 Å². The summed E-state index contributed by atoms with van der Waals surface area (Å²) in [4.78, 5) is 12.1. The Bertz CT molecular complexity index is 459. The van der Waals surface area contributed by atoms with Crippen LogP contribution in [0.2, 0.25) is 0 Å². The molecule has 3 nitrogen and oxygen atoms in total. The zero-order valence-electron chi connectivity index (χ0n) is 10.8. The Labute approximate surface area is 115 Å². The zero-order valence-corrected chi connectivity index (χ0v) is 12.4. The number of carbonyl (C=O) groups excluding carboxylic acids is 1. The average molecular weight is 317 g/mol. The minimum absolute atomic E-state index is 0.0296. The van der Waals surface area contributed by atoms with Gasteiger partial charge in [-0.05, 0) is 47.8 Å². The lowest BCUT2D eigenvalue weighted by Gasteiger charge is -2.28. The Morgan fingerprint density at radius 3 is 2.50 bits per heavy atom.